The van der Waals surface area contributed by atoms with Crippen LogP contribution in [0.2, 0.25) is 0 Å². The van der Waals surface area contributed by atoms with E-state index >= 15 is 0 Å². The van der Waals surface area contributed by atoms with Crippen LogP contribution in [0, 0.1) is 0 Å². The lowest BCUT2D eigenvalue weighted by molar-refractivity contribution is -0.495. The second-order valence-electron chi connectivity index (χ2n) is 2.14. The van der Waals surface area contributed by atoms with Gasteiger partial charge in [-0.25, -0.2) is 4.58 Å². The highest BCUT2D eigenvalue weighted by molar-refractivity contribution is 8.13. The van der Waals surface area contributed by atoms with Gasteiger partial charge in [0.25, 0.3) is 0 Å². The van der Waals surface area contributed by atoms with E-state index in [4.69, 9.17) is 0 Å². The first kappa shape index (κ1) is 9.75. The number of hydrogen-bond donors (Lipinski definition) is 0. The van der Waals surface area contributed by atoms with Crippen molar-refractivity contribution >= 4 is 16.8 Å². The van der Waals surface area contributed by atoms with Crippen LogP contribution < -0.4 is 24.0 Å². The highest BCUT2D eigenvalue weighted by Gasteiger charge is 2.10. The van der Waals surface area contributed by atoms with Crippen molar-refractivity contribution in [1.82, 2.24) is 0 Å². The van der Waals surface area contributed by atoms with Crippen molar-refractivity contribution in [2.45, 2.75) is 13.3 Å². The molecule has 1 rings (SSSR count). The Bertz CT molecular complexity index is 108. The lowest BCUT2D eigenvalue weighted by Crippen LogP contribution is -3.00. The van der Waals surface area contributed by atoms with Gasteiger partial charge in [0.1, 0.15) is 13.6 Å². The summed E-state index contributed by atoms with van der Waals surface area (Å²) in [6, 6.07) is 0. The zero-order valence-corrected chi connectivity index (χ0v) is 8.83. The Morgan fingerprint density at radius 3 is 2.56 bits per heavy atom. The average Bonchev–Trinajstić information content (AvgIpc) is 1.77. The Kier molecular flexibility index (Phi) is 4.93. The summed E-state index contributed by atoms with van der Waals surface area (Å²) in [5.41, 5.74) is 0. The molecule has 0 radical (unpaired) electrons. The predicted octanol–water partition coefficient (Wildman–Crippen LogP) is -1.81. The van der Waals surface area contributed by atoms with Crippen LogP contribution in [0.15, 0.2) is 0 Å². The van der Waals surface area contributed by atoms with Crippen LogP contribution in [0.5, 0.6) is 0 Å². The lowest BCUT2D eigenvalue weighted by Gasteiger charge is -2.06. The van der Waals surface area contributed by atoms with Gasteiger partial charge in [0, 0.05) is 19.1 Å². The van der Waals surface area contributed by atoms with E-state index in [2.05, 4.69) is 18.5 Å². The largest absolute Gasteiger partial charge is 1.00 e. The quantitative estimate of drug-likeness (QED) is 0.365. The zero-order valence-electron chi connectivity index (χ0n) is 5.85. The molecule has 0 saturated carbocycles. The van der Waals surface area contributed by atoms with Crippen LogP contribution >= 0.6 is 11.8 Å². The number of thioether (sulfide) groups is 1. The molecule has 9 heavy (non-hydrogen) atoms. The molecular weight excluding hydrogens is 245 g/mol. The van der Waals surface area contributed by atoms with Crippen LogP contribution in [-0.4, -0.2) is 29.0 Å². The molecule has 0 aromatic rings. The summed E-state index contributed by atoms with van der Waals surface area (Å²) in [4.78, 5) is 0. The number of hydrogen-bond acceptors (Lipinski definition) is 1. The van der Waals surface area contributed by atoms with Crippen LogP contribution in [-0.2, 0) is 0 Å². The third-order valence-corrected chi connectivity index (χ3v) is 2.71. The summed E-state index contributed by atoms with van der Waals surface area (Å²) in [5, 5.41) is 1.47. The minimum Gasteiger partial charge on any atom is -1.00 e. The van der Waals surface area contributed by atoms with Crippen molar-refractivity contribution in [3.8, 4) is 0 Å². The van der Waals surface area contributed by atoms with Crippen molar-refractivity contribution in [3.05, 3.63) is 0 Å². The van der Waals surface area contributed by atoms with E-state index in [-0.39, 0.29) is 24.0 Å². The first-order valence-corrected chi connectivity index (χ1v) is 3.97. The maximum absolute atomic E-state index is 2.31. The molecule has 1 heterocycles. The summed E-state index contributed by atoms with van der Waals surface area (Å²) in [7, 11) is 2.15. The fourth-order valence-electron chi connectivity index (χ4n) is 0.789. The molecule has 1 aliphatic rings. The van der Waals surface area contributed by atoms with E-state index in [1.807, 2.05) is 11.8 Å². The number of rotatable bonds is 0. The summed E-state index contributed by atoms with van der Waals surface area (Å²) < 4.78 is 2.31. The van der Waals surface area contributed by atoms with Gasteiger partial charge in [-0.1, -0.05) is 11.8 Å². The summed E-state index contributed by atoms with van der Waals surface area (Å²) in [5.74, 6) is 1.32. The Hall–Kier alpha value is 0.750. The van der Waals surface area contributed by atoms with Gasteiger partial charge in [0.05, 0.1) is 0 Å². The highest BCUT2D eigenvalue weighted by atomic mass is 127. The van der Waals surface area contributed by atoms with E-state index in [0.29, 0.717) is 0 Å². The molecular formula is C6H12INS. The van der Waals surface area contributed by atoms with Crippen LogP contribution in [0.3, 0.4) is 0 Å². The maximum atomic E-state index is 2.31. The molecule has 0 N–H and O–H groups in total. The van der Waals surface area contributed by atoms with Crippen LogP contribution in [0.4, 0.5) is 0 Å². The summed E-state index contributed by atoms with van der Waals surface area (Å²) >= 11 is 1.97. The van der Waals surface area contributed by atoms with Crippen LogP contribution in [0.25, 0.3) is 0 Å². The van der Waals surface area contributed by atoms with Gasteiger partial charge < -0.3 is 24.0 Å². The Balaban J connectivity index is 0.000000640. The minimum absolute atomic E-state index is 0. The first-order chi connectivity index (χ1) is 3.80. The molecule has 0 aromatic heterocycles. The van der Waals surface area contributed by atoms with Crippen molar-refractivity contribution in [2.75, 3.05) is 19.3 Å². The first-order valence-electron chi connectivity index (χ1n) is 2.98. The van der Waals surface area contributed by atoms with Crippen molar-refractivity contribution in [1.29, 1.82) is 0 Å². The normalized spacial score (nSPS) is 19.3. The van der Waals surface area contributed by atoms with E-state index in [9.17, 15) is 0 Å². The molecule has 1 nitrogen and oxygen atoms in total. The van der Waals surface area contributed by atoms with Gasteiger partial charge in [-0.2, -0.15) is 0 Å². The molecule has 0 bridgehead atoms. The van der Waals surface area contributed by atoms with Gasteiger partial charge in [0.15, 0.2) is 0 Å². The van der Waals surface area contributed by atoms with Crippen LogP contribution in [0.1, 0.15) is 13.3 Å². The van der Waals surface area contributed by atoms with Gasteiger partial charge >= 0.3 is 0 Å². The Morgan fingerprint density at radius 1 is 1.56 bits per heavy atom. The zero-order chi connectivity index (χ0) is 5.98. The molecule has 0 atom stereocenters. The monoisotopic (exact) mass is 257 g/mol. The Morgan fingerprint density at radius 2 is 2.22 bits per heavy atom. The van der Waals surface area contributed by atoms with Gasteiger partial charge in [-0.3, -0.25) is 0 Å². The number of nitrogens with zero attached hydrogens (tertiary/aromatic N) is 1. The van der Waals surface area contributed by atoms with Gasteiger partial charge in [-0.15, -0.1) is 0 Å². The molecule has 0 saturated heterocycles. The molecule has 0 amide bonds. The molecule has 1 aliphatic heterocycles. The third kappa shape index (κ3) is 2.89. The summed E-state index contributed by atoms with van der Waals surface area (Å²) in [6.07, 6.45) is 1.35. The molecule has 54 valence electrons. The van der Waals surface area contributed by atoms with Crippen molar-refractivity contribution in [3.63, 3.8) is 0 Å². The smallest absolute Gasteiger partial charge is 0.207 e. The predicted molar refractivity (Wildman–Crippen MR) is 38.8 cm³/mol. The fraction of sp³-hybridized carbons (Fsp3) is 0.833. The molecule has 0 unspecified atom stereocenters. The Labute approximate surface area is 77.9 Å². The van der Waals surface area contributed by atoms with Crippen molar-refractivity contribution < 1.29 is 28.6 Å². The topological polar surface area (TPSA) is 3.01 Å². The summed E-state index contributed by atoms with van der Waals surface area (Å²) in [6.45, 7) is 3.43. The second kappa shape index (κ2) is 4.55. The van der Waals surface area contributed by atoms with E-state index in [0.717, 1.165) is 0 Å². The second-order valence-corrected chi connectivity index (χ2v) is 3.43. The molecule has 0 aliphatic carbocycles. The van der Waals surface area contributed by atoms with Gasteiger partial charge in [0.2, 0.25) is 5.04 Å². The average molecular weight is 257 g/mol. The standard InChI is InChI=1S/C6H12NS.HI/c1-6-7(2)4-3-5-8-6;/h3-5H2,1-2H3;1H/q+1;/p-1. The third-order valence-electron chi connectivity index (χ3n) is 1.49. The highest BCUT2D eigenvalue weighted by Crippen LogP contribution is 2.09. The molecule has 0 fully saturated rings. The maximum Gasteiger partial charge on any atom is 0.207 e. The molecule has 3 heteroatoms. The van der Waals surface area contributed by atoms with Crippen molar-refractivity contribution in [2.24, 2.45) is 0 Å². The van der Waals surface area contributed by atoms with E-state index < -0.39 is 0 Å². The molecule has 0 spiro atoms. The lowest BCUT2D eigenvalue weighted by atomic mass is 10.5. The van der Waals surface area contributed by atoms with E-state index in [1.165, 1.54) is 23.8 Å². The van der Waals surface area contributed by atoms with Gasteiger partial charge in [-0.05, 0) is 0 Å². The number of halogens is 1. The minimum atomic E-state index is 0. The SMILES string of the molecule is CC1=[N+](C)CCCS1.[I-]. The van der Waals surface area contributed by atoms with E-state index in [1.54, 1.807) is 0 Å². The molecule has 0 aromatic carbocycles. The fourth-order valence-corrected chi connectivity index (χ4v) is 1.67.